The highest BCUT2D eigenvalue weighted by Gasteiger charge is 2.66. The van der Waals surface area contributed by atoms with Crippen molar-refractivity contribution in [2.45, 2.75) is 32.2 Å². The van der Waals surface area contributed by atoms with Crippen molar-refractivity contribution in [1.82, 2.24) is 5.32 Å². The highest BCUT2D eigenvalue weighted by atomic mass is 16.4. The fraction of sp³-hybridized carbons (Fsp3) is 0.500. The topological polar surface area (TPSA) is 66.4 Å². The third-order valence-corrected chi connectivity index (χ3v) is 4.72. The first-order valence-corrected chi connectivity index (χ1v) is 7.01. The Kier molecular flexibility index (Phi) is 2.85. The molecule has 2 unspecified atom stereocenters. The van der Waals surface area contributed by atoms with Crippen LogP contribution < -0.4 is 5.32 Å². The molecule has 2 aliphatic rings. The van der Waals surface area contributed by atoms with Gasteiger partial charge >= 0.3 is 5.97 Å². The Morgan fingerprint density at radius 3 is 2.40 bits per heavy atom. The van der Waals surface area contributed by atoms with Crippen LogP contribution >= 0.6 is 0 Å². The molecular formula is C16H19NO3. The Labute approximate surface area is 118 Å². The molecule has 2 saturated carbocycles. The molecule has 4 heteroatoms. The molecule has 4 atom stereocenters. The van der Waals surface area contributed by atoms with Crippen molar-refractivity contribution in [3.05, 3.63) is 35.9 Å². The lowest BCUT2D eigenvalue weighted by Gasteiger charge is -2.05. The summed E-state index contributed by atoms with van der Waals surface area (Å²) in [6.45, 7) is 3.69. The number of rotatable bonds is 4. The van der Waals surface area contributed by atoms with Gasteiger partial charge in [-0.1, -0.05) is 44.2 Å². The molecule has 20 heavy (non-hydrogen) atoms. The zero-order valence-corrected chi connectivity index (χ0v) is 11.7. The summed E-state index contributed by atoms with van der Waals surface area (Å²) in [6, 6.07) is 10.3. The Hall–Kier alpha value is -1.84. The molecule has 3 rings (SSSR count). The standard InChI is InChI=1S/C16H19NO3/c1-16(2)12(13(16)15(19)20)14(18)17-11-8-10(11)9-6-4-3-5-7-9/h3-7,10-13H,8H2,1-2H3,(H,17,18)(H,19,20)/t10?,11?,12-,13+/m1/s1. The summed E-state index contributed by atoms with van der Waals surface area (Å²) in [5.41, 5.74) is 0.815. The minimum absolute atomic E-state index is 0.106. The maximum absolute atomic E-state index is 12.2. The van der Waals surface area contributed by atoms with Gasteiger partial charge < -0.3 is 10.4 Å². The van der Waals surface area contributed by atoms with Crippen molar-refractivity contribution in [2.24, 2.45) is 17.3 Å². The monoisotopic (exact) mass is 273 g/mol. The predicted octanol–water partition coefficient (Wildman–Crippen LogP) is 2.02. The van der Waals surface area contributed by atoms with Crippen LogP contribution in [0.2, 0.25) is 0 Å². The first kappa shape index (κ1) is 13.2. The summed E-state index contributed by atoms with van der Waals surface area (Å²) in [5, 5.41) is 12.1. The van der Waals surface area contributed by atoms with Crippen LogP contribution in [0, 0.1) is 17.3 Å². The fourth-order valence-corrected chi connectivity index (χ4v) is 3.28. The highest BCUT2D eigenvalue weighted by molar-refractivity contribution is 5.92. The Bertz CT molecular complexity index is 552. The van der Waals surface area contributed by atoms with Gasteiger partial charge in [0.15, 0.2) is 0 Å². The molecule has 2 N–H and O–H groups in total. The Morgan fingerprint density at radius 1 is 1.20 bits per heavy atom. The molecule has 0 radical (unpaired) electrons. The second-order valence-corrected chi connectivity index (χ2v) is 6.48. The largest absolute Gasteiger partial charge is 0.481 e. The van der Waals surface area contributed by atoms with Gasteiger partial charge in [0, 0.05) is 12.0 Å². The van der Waals surface area contributed by atoms with E-state index in [-0.39, 0.29) is 11.9 Å². The van der Waals surface area contributed by atoms with Gasteiger partial charge in [-0.3, -0.25) is 9.59 Å². The van der Waals surface area contributed by atoms with E-state index in [9.17, 15) is 9.59 Å². The van der Waals surface area contributed by atoms with E-state index in [2.05, 4.69) is 17.4 Å². The lowest BCUT2D eigenvalue weighted by atomic mass is 10.1. The van der Waals surface area contributed by atoms with Gasteiger partial charge in [-0.15, -0.1) is 0 Å². The third-order valence-electron chi connectivity index (χ3n) is 4.72. The number of carboxylic acids is 1. The SMILES string of the molecule is CC1(C)[C@H](C(=O)O)[C@@H]1C(=O)NC1CC1c1ccccc1. The molecule has 1 aromatic rings. The van der Waals surface area contributed by atoms with Crippen molar-refractivity contribution in [2.75, 3.05) is 0 Å². The van der Waals surface area contributed by atoms with Crippen LogP contribution in [0.4, 0.5) is 0 Å². The fourth-order valence-electron chi connectivity index (χ4n) is 3.28. The van der Waals surface area contributed by atoms with Crippen molar-refractivity contribution in [1.29, 1.82) is 0 Å². The van der Waals surface area contributed by atoms with E-state index in [0.29, 0.717) is 5.92 Å². The molecule has 1 amide bonds. The van der Waals surface area contributed by atoms with Crippen LogP contribution in [0.3, 0.4) is 0 Å². The molecule has 0 aromatic heterocycles. The number of hydrogen-bond donors (Lipinski definition) is 2. The van der Waals surface area contributed by atoms with Crippen molar-refractivity contribution in [3.8, 4) is 0 Å². The van der Waals surface area contributed by atoms with E-state index in [1.807, 2.05) is 32.0 Å². The molecule has 0 saturated heterocycles. The summed E-state index contributed by atoms with van der Waals surface area (Å²) in [4.78, 5) is 23.3. The lowest BCUT2D eigenvalue weighted by Crippen LogP contribution is -2.30. The molecule has 2 fully saturated rings. The van der Waals surface area contributed by atoms with Gasteiger partial charge in [-0.2, -0.15) is 0 Å². The number of amides is 1. The highest BCUT2D eigenvalue weighted by Crippen LogP contribution is 2.58. The second kappa shape index (κ2) is 4.33. The van der Waals surface area contributed by atoms with E-state index in [1.54, 1.807) is 0 Å². The molecule has 0 spiro atoms. The summed E-state index contributed by atoms with van der Waals surface area (Å²) in [6.07, 6.45) is 0.945. The number of aliphatic carboxylic acids is 1. The maximum atomic E-state index is 12.2. The summed E-state index contributed by atoms with van der Waals surface area (Å²) < 4.78 is 0. The van der Waals surface area contributed by atoms with Gasteiger partial charge in [-0.25, -0.2) is 0 Å². The van der Waals surface area contributed by atoms with E-state index < -0.39 is 23.2 Å². The number of carbonyl (C=O) groups excluding carboxylic acids is 1. The van der Waals surface area contributed by atoms with E-state index in [0.717, 1.165) is 6.42 Å². The van der Waals surface area contributed by atoms with Gasteiger partial charge in [0.2, 0.25) is 5.91 Å². The van der Waals surface area contributed by atoms with E-state index in [4.69, 9.17) is 5.11 Å². The van der Waals surface area contributed by atoms with Gasteiger partial charge in [-0.05, 0) is 17.4 Å². The van der Waals surface area contributed by atoms with Gasteiger partial charge in [0.05, 0.1) is 11.8 Å². The van der Waals surface area contributed by atoms with Crippen LogP contribution in [-0.4, -0.2) is 23.0 Å². The Balaban J connectivity index is 1.59. The smallest absolute Gasteiger partial charge is 0.307 e. The first-order chi connectivity index (χ1) is 9.43. The minimum Gasteiger partial charge on any atom is -0.481 e. The van der Waals surface area contributed by atoms with Crippen LogP contribution in [0.1, 0.15) is 31.7 Å². The minimum atomic E-state index is -0.870. The average Bonchev–Trinajstić information content (AvgIpc) is 3.25. The molecule has 106 valence electrons. The number of benzene rings is 1. The molecular weight excluding hydrogens is 254 g/mol. The summed E-state index contributed by atoms with van der Waals surface area (Å²) >= 11 is 0. The number of nitrogens with one attached hydrogen (secondary N) is 1. The normalized spacial score (nSPS) is 33.3. The second-order valence-electron chi connectivity index (χ2n) is 6.48. The van der Waals surface area contributed by atoms with Gasteiger partial charge in [0.25, 0.3) is 0 Å². The van der Waals surface area contributed by atoms with Crippen molar-refractivity contribution < 1.29 is 14.7 Å². The van der Waals surface area contributed by atoms with Crippen LogP contribution in [0.25, 0.3) is 0 Å². The zero-order chi connectivity index (χ0) is 14.5. The zero-order valence-electron chi connectivity index (χ0n) is 11.7. The molecule has 1 aromatic carbocycles. The van der Waals surface area contributed by atoms with E-state index >= 15 is 0 Å². The number of carboxylic acid groups (broad SMARTS) is 1. The molecule has 0 aliphatic heterocycles. The maximum Gasteiger partial charge on any atom is 0.307 e. The molecule has 0 bridgehead atoms. The van der Waals surface area contributed by atoms with Crippen LogP contribution in [-0.2, 0) is 9.59 Å². The van der Waals surface area contributed by atoms with Crippen LogP contribution in [0.15, 0.2) is 30.3 Å². The third kappa shape index (κ3) is 2.09. The summed E-state index contributed by atoms with van der Waals surface area (Å²) in [7, 11) is 0. The molecule has 4 nitrogen and oxygen atoms in total. The predicted molar refractivity (Wildman–Crippen MR) is 74.1 cm³/mol. The molecule has 2 aliphatic carbocycles. The van der Waals surface area contributed by atoms with Crippen molar-refractivity contribution >= 4 is 11.9 Å². The van der Waals surface area contributed by atoms with E-state index in [1.165, 1.54) is 5.56 Å². The average molecular weight is 273 g/mol. The van der Waals surface area contributed by atoms with Crippen LogP contribution in [0.5, 0.6) is 0 Å². The summed E-state index contributed by atoms with van der Waals surface area (Å²) in [5.74, 6) is -1.53. The first-order valence-electron chi connectivity index (χ1n) is 7.01. The lowest BCUT2D eigenvalue weighted by molar-refractivity contribution is -0.140. The van der Waals surface area contributed by atoms with Crippen molar-refractivity contribution in [3.63, 3.8) is 0 Å². The quantitative estimate of drug-likeness (QED) is 0.882. The molecule has 0 heterocycles. The Morgan fingerprint density at radius 2 is 1.85 bits per heavy atom. The number of carbonyl (C=O) groups is 2. The van der Waals surface area contributed by atoms with Gasteiger partial charge in [0.1, 0.15) is 0 Å². The number of hydrogen-bond acceptors (Lipinski definition) is 2.